The van der Waals surface area contributed by atoms with Crippen LogP contribution in [0.5, 0.6) is 0 Å². The number of nitro groups is 1. The number of hydrogen-bond donors (Lipinski definition) is 0. The Morgan fingerprint density at radius 3 is 1.13 bits per heavy atom. The third-order valence-corrected chi connectivity index (χ3v) is 20.6. The van der Waals surface area contributed by atoms with Crippen molar-refractivity contribution in [3.05, 3.63) is 258 Å². The number of carbonyl (C=O) groups excluding carboxylic acids is 3. The quantitative estimate of drug-likeness (QED) is 0.0706. The third-order valence-electron chi connectivity index (χ3n) is 20.6. The van der Waals surface area contributed by atoms with Crippen molar-refractivity contribution in [2.45, 2.75) is 0 Å². The van der Waals surface area contributed by atoms with Crippen LogP contribution in [0.25, 0.3) is 83.3 Å². The van der Waals surface area contributed by atoms with E-state index in [1.807, 2.05) is 119 Å². The Morgan fingerprint density at radius 1 is 0.390 bits per heavy atom. The first-order chi connectivity index (χ1) is 59.9. The first-order valence-electron chi connectivity index (χ1n) is 38.3. The molecular formula is C88H66FN29O5. The van der Waals surface area contributed by atoms with Gasteiger partial charge in [-0.3, -0.25) is 43.5 Å². The second kappa shape index (κ2) is 35.1. The molecular weight excluding hydrogens is 1560 g/mol. The van der Waals surface area contributed by atoms with E-state index in [0.717, 1.165) is 95.9 Å². The molecule has 0 aromatic carbocycles. The monoisotopic (exact) mass is 1630 g/mol. The van der Waals surface area contributed by atoms with E-state index in [2.05, 4.69) is 114 Å². The van der Waals surface area contributed by atoms with Crippen LogP contribution < -0.4 is 14.7 Å². The highest BCUT2D eigenvalue weighted by Crippen LogP contribution is 2.37. The molecule has 3 amide bonds. The zero-order valence-corrected chi connectivity index (χ0v) is 65.9. The maximum absolute atomic E-state index is 13.3. The van der Waals surface area contributed by atoms with E-state index in [1.54, 1.807) is 116 Å². The van der Waals surface area contributed by atoms with Crippen LogP contribution in [0.3, 0.4) is 0 Å². The minimum Gasteiger partial charge on any atom is -0.353 e. The van der Waals surface area contributed by atoms with Gasteiger partial charge in [-0.1, -0.05) is 12.0 Å². The average molecular weight is 1630 g/mol. The number of carbonyl (C=O) groups is 3. The molecule has 123 heavy (non-hydrogen) atoms. The number of hydrogen-bond acceptors (Lipinski definition) is 24. The number of pyridine rings is 9. The summed E-state index contributed by atoms with van der Waals surface area (Å²) in [6, 6.07) is 35.2. The summed E-state index contributed by atoms with van der Waals surface area (Å²) in [5.74, 6) is 16.8. The topological polar surface area (TPSA) is 392 Å². The van der Waals surface area contributed by atoms with Crippen molar-refractivity contribution in [2.75, 3.05) is 93.2 Å². The number of fused-ring (bicyclic) bond motifs is 3. The summed E-state index contributed by atoms with van der Waals surface area (Å²) in [4.78, 5) is 85.5. The molecule has 3 saturated heterocycles. The van der Waals surface area contributed by atoms with Gasteiger partial charge in [0.2, 0.25) is 0 Å². The minimum absolute atomic E-state index is 0.178. The van der Waals surface area contributed by atoms with Crippen LogP contribution >= 0.6 is 0 Å². The van der Waals surface area contributed by atoms with Crippen molar-refractivity contribution in [3.8, 4) is 127 Å². The van der Waals surface area contributed by atoms with Crippen molar-refractivity contribution in [3.63, 3.8) is 0 Å². The van der Waals surface area contributed by atoms with Crippen molar-refractivity contribution in [2.24, 2.45) is 21.1 Å². The van der Waals surface area contributed by atoms with Crippen LogP contribution in [0.15, 0.2) is 203 Å². The highest BCUT2D eigenvalue weighted by Gasteiger charge is 2.27. The van der Waals surface area contributed by atoms with Gasteiger partial charge >= 0.3 is 0 Å². The molecule has 0 unspecified atom stereocenters. The van der Waals surface area contributed by atoms with Crippen LogP contribution in [0.1, 0.15) is 39.3 Å². The zero-order chi connectivity index (χ0) is 85.2. The second-order valence-electron chi connectivity index (χ2n) is 28.4. The lowest BCUT2D eigenvalue weighted by molar-refractivity contribution is -0.385. The predicted octanol–water partition coefficient (Wildman–Crippen LogP) is 8.21. The summed E-state index contributed by atoms with van der Waals surface area (Å²) >= 11 is 0. The highest BCUT2D eigenvalue weighted by molar-refractivity contribution is 5.96. The minimum atomic E-state index is -0.554. The largest absolute Gasteiger partial charge is 0.353 e. The molecule has 600 valence electrons. The van der Waals surface area contributed by atoms with Crippen LogP contribution in [0.4, 0.5) is 27.5 Å². The number of aryl methyl sites for hydroxylation is 3. The molecule has 3 aliphatic rings. The number of anilines is 3. The van der Waals surface area contributed by atoms with E-state index < -0.39 is 10.7 Å². The number of amides is 3. The van der Waals surface area contributed by atoms with Gasteiger partial charge in [-0.2, -0.15) is 51.6 Å². The summed E-state index contributed by atoms with van der Waals surface area (Å²) < 4.78 is 23.7. The van der Waals surface area contributed by atoms with E-state index in [-0.39, 0.29) is 34.8 Å². The molecule has 15 aromatic heterocycles. The molecule has 3 fully saturated rings. The van der Waals surface area contributed by atoms with Gasteiger partial charge in [0, 0.05) is 265 Å². The molecule has 35 heteroatoms. The van der Waals surface area contributed by atoms with Gasteiger partial charge in [-0.25, -0.2) is 42.9 Å². The van der Waals surface area contributed by atoms with Crippen molar-refractivity contribution < 1.29 is 23.7 Å². The Labute approximate surface area is 700 Å². The molecule has 0 spiro atoms. The molecule has 15 aromatic rings. The molecule has 3 aliphatic heterocycles. The van der Waals surface area contributed by atoms with Gasteiger partial charge in [-0.05, 0) is 84.6 Å². The third kappa shape index (κ3) is 17.6. The number of nitriles is 4. The van der Waals surface area contributed by atoms with Gasteiger partial charge in [0.25, 0.3) is 23.4 Å². The zero-order valence-electron chi connectivity index (χ0n) is 65.9. The molecule has 0 bridgehead atoms. The standard InChI is InChI=1S/C30H22N10O.C29H22FN9O.C29H22N10O3/c1-37-19-24(18-34-37)22-13-27(30-23(14-31)17-35-40(30)20-22)21-5-7-28(33-16-21)38-9-11-39(12-10-38)29(41)8-6-25-3-2-4-26(15-32)36-25;1-36-18-23(17-34-36)21-12-26(29-22(14-31)16-35-39(29)19-21)20-2-4-27(33-15-20)37-8-10-38(11-9-37)28(40)5-3-25-13-24(30)6-7-32-25;1-35-18-24(16-33-35)22-11-26(29-23(12-30)15-34-38(29)19-22)21-3-4-27(32-14-21)36-6-8-37(9-7-36)28(40)5-2-20-10-25(39(41)42)17-31-13-20/h2-5,7,13,16-20H,9-12H2,1H3;2,4,6-7,12-13,15-19H,8-11H2,1H3;3-4,10-11,13-19H,6-9H2,1H3. The molecule has 0 aliphatic carbocycles. The van der Waals surface area contributed by atoms with Crippen LogP contribution in [-0.4, -0.2) is 204 Å². The average Bonchev–Trinajstić information content (AvgIpc) is 1.62. The fourth-order valence-corrected chi connectivity index (χ4v) is 14.3. The normalized spacial score (nSPS) is 13.0. The maximum atomic E-state index is 13.3. The maximum Gasteiger partial charge on any atom is 0.299 e. The van der Waals surface area contributed by atoms with E-state index in [4.69, 9.17) is 20.2 Å². The lowest BCUT2D eigenvalue weighted by Crippen LogP contribution is -2.48. The summed E-state index contributed by atoms with van der Waals surface area (Å²) in [5, 5.41) is 74.9. The van der Waals surface area contributed by atoms with E-state index >= 15 is 0 Å². The van der Waals surface area contributed by atoms with Gasteiger partial charge < -0.3 is 29.4 Å². The number of piperazine rings is 3. The Kier molecular flexibility index (Phi) is 22.6. The Bertz CT molecular complexity index is 7020. The lowest BCUT2D eigenvalue weighted by Gasteiger charge is -2.34. The second-order valence-corrected chi connectivity index (χ2v) is 28.4. The van der Waals surface area contributed by atoms with Gasteiger partial charge in [0.1, 0.15) is 70.8 Å². The summed E-state index contributed by atoms with van der Waals surface area (Å²) in [6.07, 6.45) is 30.7. The molecule has 18 rings (SSSR count). The Morgan fingerprint density at radius 2 is 0.780 bits per heavy atom. The lowest BCUT2D eigenvalue weighted by atomic mass is 10.0. The number of halogens is 1. The number of aromatic nitrogens is 18. The molecule has 34 nitrogen and oxygen atoms in total. The summed E-state index contributed by atoms with van der Waals surface area (Å²) in [6.45, 7) is 6.48. The summed E-state index contributed by atoms with van der Waals surface area (Å²) in [7, 11) is 5.58. The fourth-order valence-electron chi connectivity index (χ4n) is 14.3. The van der Waals surface area contributed by atoms with Crippen LogP contribution in [-0.2, 0) is 35.5 Å². The predicted molar refractivity (Wildman–Crippen MR) is 447 cm³/mol. The van der Waals surface area contributed by atoms with E-state index in [0.29, 0.717) is 118 Å². The molecule has 0 atom stereocenters. The Hall–Kier alpha value is -17.6. The van der Waals surface area contributed by atoms with Gasteiger partial charge in [-0.15, -0.1) is 0 Å². The molecule has 18 heterocycles. The SMILES string of the molecule is Cn1cc(-c2cc(-c3ccc(N4CCN(C(=O)C#Cc5cc(F)ccn5)CC4)nc3)c3c(C#N)cnn3c2)cn1.Cn1cc(-c2cc(-c3ccc(N4CCN(C(=O)C#Cc5cccc(C#N)n5)CC4)nc3)c3c(C#N)cnn3c2)cn1.Cn1cc(-c2cc(-c3ccc(N4CCN(C(=O)C#Cc5cncc([N+](=O)[O-])c5)CC4)nc3)c3c(C#N)cnn3c2)cn1. The first-order valence-corrected chi connectivity index (χ1v) is 38.3. The number of rotatable bonds is 10. The van der Waals surface area contributed by atoms with Crippen molar-refractivity contribution >= 4 is 57.4 Å². The van der Waals surface area contributed by atoms with Crippen molar-refractivity contribution in [1.82, 2.24) is 103 Å². The smallest absolute Gasteiger partial charge is 0.299 e. The van der Waals surface area contributed by atoms with Crippen molar-refractivity contribution in [1.29, 1.82) is 21.0 Å². The highest BCUT2D eigenvalue weighted by atomic mass is 19.1. The molecule has 0 N–H and O–H groups in total. The van der Waals surface area contributed by atoms with Crippen LogP contribution in [0, 0.1) is 96.8 Å². The Balaban J connectivity index is 0.000000137. The van der Waals surface area contributed by atoms with Gasteiger partial charge in [0.05, 0.1) is 80.9 Å². The van der Waals surface area contributed by atoms with Crippen LogP contribution in [0.2, 0.25) is 0 Å². The molecule has 0 radical (unpaired) electrons. The molecule has 0 saturated carbocycles. The van der Waals surface area contributed by atoms with E-state index in [9.17, 15) is 44.7 Å². The van der Waals surface area contributed by atoms with Gasteiger partial charge in [0.15, 0.2) is 0 Å². The number of nitrogens with zero attached hydrogens (tertiary/aromatic N) is 29. The fraction of sp³-hybridized carbons (Fsp3) is 0.170. The summed E-state index contributed by atoms with van der Waals surface area (Å²) in [5.41, 5.74) is 15.2. The first kappa shape index (κ1) is 79.2. The van der Waals surface area contributed by atoms with E-state index in [1.165, 1.54) is 30.6 Å².